The van der Waals surface area contributed by atoms with Gasteiger partial charge < -0.3 is 0 Å². The van der Waals surface area contributed by atoms with Crippen LogP contribution in [-0.2, 0) is 6.42 Å². The number of hydrogen-bond acceptors (Lipinski definition) is 0. The van der Waals surface area contributed by atoms with Crippen molar-refractivity contribution >= 4 is 0 Å². The van der Waals surface area contributed by atoms with Crippen molar-refractivity contribution < 1.29 is 0 Å². The molecule has 0 N–H and O–H groups in total. The smallest absolute Gasteiger partial charge is 0.0231 e. The first-order chi connectivity index (χ1) is 8.68. The Morgan fingerprint density at radius 2 is 2.06 bits per heavy atom. The van der Waals surface area contributed by atoms with Crippen molar-refractivity contribution in [3.8, 4) is 0 Å². The maximum absolute atomic E-state index is 3.87. The third-order valence-corrected chi connectivity index (χ3v) is 3.29. The van der Waals surface area contributed by atoms with Crippen molar-refractivity contribution in [3.05, 3.63) is 83.5 Å². The van der Waals surface area contributed by atoms with E-state index in [1.54, 1.807) is 0 Å². The average molecular weight is 236 g/mol. The molecular formula is C18H20. The van der Waals surface area contributed by atoms with Gasteiger partial charge in [-0.3, -0.25) is 0 Å². The van der Waals surface area contributed by atoms with Gasteiger partial charge in [-0.05, 0) is 31.4 Å². The van der Waals surface area contributed by atoms with Crippen molar-refractivity contribution in [2.24, 2.45) is 0 Å². The van der Waals surface area contributed by atoms with E-state index in [1.807, 2.05) is 13.0 Å². The van der Waals surface area contributed by atoms with Crippen LogP contribution in [0.15, 0.2) is 72.4 Å². The Hall–Kier alpha value is -1.82. The fourth-order valence-electron chi connectivity index (χ4n) is 2.32. The number of benzene rings is 1. The quantitative estimate of drug-likeness (QED) is 0.514. The van der Waals surface area contributed by atoms with Gasteiger partial charge >= 0.3 is 0 Å². The summed E-state index contributed by atoms with van der Waals surface area (Å²) in [7, 11) is 0. The maximum Gasteiger partial charge on any atom is 0.0231 e. The number of hydrogen-bond donors (Lipinski definition) is 0. The molecule has 1 aliphatic carbocycles. The molecule has 0 radical (unpaired) electrons. The number of allylic oxidation sites excluding steroid dienone is 7. The van der Waals surface area contributed by atoms with Gasteiger partial charge in [0.15, 0.2) is 0 Å². The SMILES string of the molecule is C=C(C)/C=C\C=C(/C)C1C=CCc2ccccc21. The zero-order valence-corrected chi connectivity index (χ0v) is 11.2. The fourth-order valence-corrected chi connectivity index (χ4v) is 2.32. The summed E-state index contributed by atoms with van der Waals surface area (Å²) in [6.07, 6.45) is 12.0. The average Bonchev–Trinajstić information content (AvgIpc) is 2.37. The summed E-state index contributed by atoms with van der Waals surface area (Å²) in [6, 6.07) is 8.71. The van der Waals surface area contributed by atoms with Gasteiger partial charge in [-0.15, -0.1) is 0 Å². The van der Waals surface area contributed by atoms with Crippen LogP contribution in [0.5, 0.6) is 0 Å². The van der Waals surface area contributed by atoms with Crippen molar-refractivity contribution in [3.63, 3.8) is 0 Å². The summed E-state index contributed by atoms with van der Waals surface area (Å²) in [5, 5.41) is 0. The van der Waals surface area contributed by atoms with Gasteiger partial charge in [-0.1, -0.05) is 72.4 Å². The molecule has 0 heterocycles. The molecule has 0 saturated carbocycles. The van der Waals surface area contributed by atoms with Crippen molar-refractivity contribution in [1.82, 2.24) is 0 Å². The van der Waals surface area contributed by atoms with Gasteiger partial charge in [-0.2, -0.15) is 0 Å². The number of rotatable bonds is 3. The monoisotopic (exact) mass is 236 g/mol. The van der Waals surface area contributed by atoms with E-state index in [9.17, 15) is 0 Å². The van der Waals surface area contributed by atoms with Gasteiger partial charge in [0, 0.05) is 5.92 Å². The molecule has 0 aliphatic heterocycles. The Balaban J connectivity index is 2.26. The Bertz CT molecular complexity index is 527. The normalized spacial score (nSPS) is 19.0. The highest BCUT2D eigenvalue weighted by molar-refractivity contribution is 5.44. The summed E-state index contributed by atoms with van der Waals surface area (Å²) >= 11 is 0. The third kappa shape index (κ3) is 2.89. The largest absolute Gasteiger partial charge is 0.0961 e. The molecule has 0 aromatic heterocycles. The van der Waals surface area contributed by atoms with E-state index >= 15 is 0 Å². The molecule has 1 aliphatic rings. The summed E-state index contributed by atoms with van der Waals surface area (Å²) < 4.78 is 0. The summed E-state index contributed by atoms with van der Waals surface area (Å²) in [5.41, 5.74) is 5.34. The lowest BCUT2D eigenvalue weighted by Crippen LogP contribution is -2.05. The van der Waals surface area contributed by atoms with Gasteiger partial charge in [0.1, 0.15) is 0 Å². The minimum absolute atomic E-state index is 0.421. The molecule has 1 aromatic rings. The first kappa shape index (κ1) is 12.6. The molecule has 0 bridgehead atoms. The Kier molecular flexibility index (Phi) is 3.99. The lowest BCUT2D eigenvalue weighted by Gasteiger charge is -2.21. The molecule has 0 amide bonds. The molecule has 18 heavy (non-hydrogen) atoms. The molecule has 0 fully saturated rings. The molecule has 2 rings (SSSR count). The number of fused-ring (bicyclic) bond motifs is 1. The molecule has 92 valence electrons. The molecule has 0 nitrogen and oxygen atoms in total. The molecule has 0 heteroatoms. The molecule has 1 unspecified atom stereocenters. The minimum atomic E-state index is 0.421. The van der Waals surface area contributed by atoms with E-state index in [4.69, 9.17) is 0 Å². The van der Waals surface area contributed by atoms with Crippen LogP contribution >= 0.6 is 0 Å². The fraction of sp³-hybridized carbons (Fsp3) is 0.222. The highest BCUT2D eigenvalue weighted by atomic mass is 14.2. The lowest BCUT2D eigenvalue weighted by molar-refractivity contribution is 0.929. The molecule has 1 aromatic carbocycles. The molecule has 0 spiro atoms. The zero-order chi connectivity index (χ0) is 13.0. The second kappa shape index (κ2) is 5.68. The molecule has 0 saturated heterocycles. The van der Waals surface area contributed by atoms with Crippen LogP contribution in [0.1, 0.15) is 30.9 Å². The summed E-state index contributed by atoms with van der Waals surface area (Å²) in [6.45, 7) is 8.07. The predicted molar refractivity (Wildman–Crippen MR) is 79.7 cm³/mol. The van der Waals surface area contributed by atoms with Gasteiger partial charge in [-0.25, -0.2) is 0 Å². The van der Waals surface area contributed by atoms with Gasteiger partial charge in [0.25, 0.3) is 0 Å². The van der Waals surface area contributed by atoms with E-state index in [2.05, 4.69) is 62.1 Å². The van der Waals surface area contributed by atoms with Crippen molar-refractivity contribution in [2.75, 3.05) is 0 Å². The van der Waals surface area contributed by atoms with E-state index in [0.717, 1.165) is 12.0 Å². The van der Waals surface area contributed by atoms with Crippen LogP contribution in [0.2, 0.25) is 0 Å². The van der Waals surface area contributed by atoms with Crippen LogP contribution in [0, 0.1) is 0 Å². The van der Waals surface area contributed by atoms with Crippen molar-refractivity contribution in [2.45, 2.75) is 26.2 Å². The molecule has 1 atom stereocenters. The Labute approximate surface area is 110 Å². The highest BCUT2D eigenvalue weighted by Gasteiger charge is 2.16. The first-order valence-electron chi connectivity index (χ1n) is 6.43. The highest BCUT2D eigenvalue weighted by Crippen LogP contribution is 2.32. The van der Waals surface area contributed by atoms with E-state index < -0.39 is 0 Å². The van der Waals surface area contributed by atoms with Crippen LogP contribution in [-0.4, -0.2) is 0 Å². The van der Waals surface area contributed by atoms with Crippen molar-refractivity contribution in [1.29, 1.82) is 0 Å². The van der Waals surface area contributed by atoms with Crippen LogP contribution < -0.4 is 0 Å². The van der Waals surface area contributed by atoms with Gasteiger partial charge in [0.2, 0.25) is 0 Å². The van der Waals surface area contributed by atoms with E-state index in [1.165, 1.54) is 16.7 Å². The minimum Gasteiger partial charge on any atom is -0.0961 e. The second-order valence-electron chi connectivity index (χ2n) is 4.92. The van der Waals surface area contributed by atoms with Crippen LogP contribution in [0.25, 0.3) is 0 Å². The topological polar surface area (TPSA) is 0 Å². The third-order valence-electron chi connectivity index (χ3n) is 3.29. The lowest BCUT2D eigenvalue weighted by atomic mass is 9.83. The summed E-state index contributed by atoms with van der Waals surface area (Å²) in [5.74, 6) is 0.421. The zero-order valence-electron chi connectivity index (χ0n) is 11.2. The van der Waals surface area contributed by atoms with Crippen LogP contribution in [0.4, 0.5) is 0 Å². The van der Waals surface area contributed by atoms with E-state index in [-0.39, 0.29) is 0 Å². The Morgan fingerprint density at radius 1 is 1.28 bits per heavy atom. The maximum atomic E-state index is 3.87. The Morgan fingerprint density at radius 3 is 2.83 bits per heavy atom. The van der Waals surface area contributed by atoms with Gasteiger partial charge in [0.05, 0.1) is 0 Å². The van der Waals surface area contributed by atoms with Crippen LogP contribution in [0.3, 0.4) is 0 Å². The summed E-state index contributed by atoms with van der Waals surface area (Å²) in [4.78, 5) is 0. The predicted octanol–water partition coefficient (Wildman–Crippen LogP) is 4.96. The second-order valence-corrected chi connectivity index (χ2v) is 4.92. The first-order valence-corrected chi connectivity index (χ1v) is 6.43. The molecular weight excluding hydrogens is 216 g/mol. The standard InChI is InChI=1S/C18H20/c1-14(2)8-6-9-15(3)17-13-7-11-16-10-4-5-12-18(16)17/h4-10,12-13,17H,1,11H2,2-3H3/b8-6-,15-9+. The van der Waals surface area contributed by atoms with E-state index in [0.29, 0.717) is 5.92 Å².